The lowest BCUT2D eigenvalue weighted by Crippen LogP contribution is -2.16. The molecule has 1 unspecified atom stereocenters. The van der Waals surface area contributed by atoms with Crippen LogP contribution in [-0.4, -0.2) is 28.3 Å². The first kappa shape index (κ1) is 12.4. The third-order valence-electron chi connectivity index (χ3n) is 3.03. The summed E-state index contributed by atoms with van der Waals surface area (Å²) in [6.45, 7) is 8.22. The molecule has 1 aliphatic heterocycles. The number of nitrogens with one attached hydrogen (secondary N) is 1. The first-order chi connectivity index (χ1) is 8.15. The molecule has 1 saturated heterocycles. The van der Waals surface area contributed by atoms with Gasteiger partial charge in [-0.1, -0.05) is 0 Å². The molecule has 2 rings (SSSR count). The van der Waals surface area contributed by atoms with Crippen molar-refractivity contribution in [3.63, 3.8) is 0 Å². The normalized spacial score (nSPS) is 20.1. The van der Waals surface area contributed by atoms with E-state index < -0.39 is 0 Å². The van der Waals surface area contributed by atoms with Crippen molar-refractivity contribution in [1.29, 1.82) is 0 Å². The van der Waals surface area contributed by atoms with Crippen LogP contribution < -0.4 is 5.32 Å². The zero-order chi connectivity index (χ0) is 12.3. The summed E-state index contributed by atoms with van der Waals surface area (Å²) in [5, 5.41) is 3.38. The fourth-order valence-corrected chi connectivity index (χ4v) is 2.25. The van der Waals surface area contributed by atoms with Crippen LogP contribution in [0.1, 0.15) is 38.8 Å². The summed E-state index contributed by atoms with van der Waals surface area (Å²) in [6, 6.07) is 0.415. The molecular weight excluding hydrogens is 214 g/mol. The Morgan fingerprint density at radius 1 is 1.59 bits per heavy atom. The van der Waals surface area contributed by atoms with E-state index in [-0.39, 0.29) is 0 Å². The first-order valence-electron chi connectivity index (χ1n) is 6.57. The Kier molecular flexibility index (Phi) is 4.05. The van der Waals surface area contributed by atoms with Gasteiger partial charge in [0.1, 0.15) is 0 Å². The highest BCUT2D eigenvalue weighted by atomic mass is 16.5. The number of aromatic nitrogens is 2. The molecule has 1 aromatic rings. The molecule has 1 fully saturated rings. The van der Waals surface area contributed by atoms with Crippen LogP contribution in [-0.2, 0) is 11.3 Å². The van der Waals surface area contributed by atoms with Crippen molar-refractivity contribution in [1.82, 2.24) is 9.55 Å². The number of aryl methyl sites for hydroxylation is 2. The van der Waals surface area contributed by atoms with Gasteiger partial charge in [0.2, 0.25) is 5.95 Å². The number of hydrogen-bond acceptors (Lipinski definition) is 3. The third-order valence-corrected chi connectivity index (χ3v) is 3.03. The van der Waals surface area contributed by atoms with Crippen molar-refractivity contribution in [2.45, 2.75) is 58.7 Å². The number of anilines is 1. The summed E-state index contributed by atoms with van der Waals surface area (Å²) in [6.07, 6.45) is 6.07. The van der Waals surface area contributed by atoms with Crippen LogP contribution in [0.3, 0.4) is 0 Å². The molecule has 0 amide bonds. The van der Waals surface area contributed by atoms with Gasteiger partial charge in [-0.05, 0) is 40.0 Å². The van der Waals surface area contributed by atoms with Crippen LogP contribution in [0.2, 0.25) is 0 Å². The Bertz CT molecular complexity index is 354. The minimum absolute atomic E-state index is 0.415. The van der Waals surface area contributed by atoms with Gasteiger partial charge in [-0.15, -0.1) is 0 Å². The van der Waals surface area contributed by atoms with Crippen LogP contribution in [0.25, 0.3) is 0 Å². The van der Waals surface area contributed by atoms with Crippen LogP contribution in [0.5, 0.6) is 0 Å². The highest BCUT2D eigenvalue weighted by molar-refractivity contribution is 5.29. The maximum Gasteiger partial charge on any atom is 0.203 e. The largest absolute Gasteiger partial charge is 0.378 e. The van der Waals surface area contributed by atoms with E-state index in [2.05, 4.69) is 34.9 Å². The van der Waals surface area contributed by atoms with Crippen molar-refractivity contribution >= 4 is 5.95 Å². The second kappa shape index (κ2) is 5.54. The zero-order valence-electron chi connectivity index (χ0n) is 11.1. The zero-order valence-corrected chi connectivity index (χ0v) is 11.1. The smallest absolute Gasteiger partial charge is 0.203 e. The van der Waals surface area contributed by atoms with Gasteiger partial charge in [-0.2, -0.15) is 0 Å². The molecule has 2 heterocycles. The lowest BCUT2D eigenvalue weighted by molar-refractivity contribution is 0.100. The number of nitrogens with zero attached hydrogens (tertiary/aromatic N) is 2. The van der Waals surface area contributed by atoms with Gasteiger partial charge in [0.25, 0.3) is 0 Å². The SMILES string of the molecule is Cc1cn(CCC2CCCO2)c(NC(C)C)n1. The Morgan fingerprint density at radius 3 is 3.06 bits per heavy atom. The molecule has 0 saturated carbocycles. The number of hydrogen-bond donors (Lipinski definition) is 1. The van der Waals surface area contributed by atoms with Crippen LogP contribution >= 0.6 is 0 Å². The average molecular weight is 237 g/mol. The monoisotopic (exact) mass is 237 g/mol. The fraction of sp³-hybridized carbons (Fsp3) is 0.769. The summed E-state index contributed by atoms with van der Waals surface area (Å²) >= 11 is 0. The Balaban J connectivity index is 1.93. The van der Waals surface area contributed by atoms with E-state index in [9.17, 15) is 0 Å². The number of ether oxygens (including phenoxy) is 1. The molecule has 0 spiro atoms. The second-order valence-corrected chi connectivity index (χ2v) is 5.12. The lowest BCUT2D eigenvalue weighted by Gasteiger charge is -2.14. The molecule has 4 heteroatoms. The minimum Gasteiger partial charge on any atom is -0.378 e. The van der Waals surface area contributed by atoms with E-state index in [0.29, 0.717) is 12.1 Å². The molecule has 4 nitrogen and oxygen atoms in total. The van der Waals surface area contributed by atoms with Gasteiger partial charge in [-0.3, -0.25) is 0 Å². The molecule has 1 aliphatic rings. The Hall–Kier alpha value is -1.03. The van der Waals surface area contributed by atoms with Crippen molar-refractivity contribution in [3.8, 4) is 0 Å². The first-order valence-corrected chi connectivity index (χ1v) is 6.57. The molecule has 0 aromatic carbocycles. The molecule has 1 N–H and O–H groups in total. The number of imidazole rings is 1. The van der Waals surface area contributed by atoms with Gasteiger partial charge < -0.3 is 14.6 Å². The third kappa shape index (κ3) is 3.46. The molecular formula is C13H23N3O. The van der Waals surface area contributed by atoms with E-state index in [1.165, 1.54) is 12.8 Å². The predicted molar refractivity (Wildman–Crippen MR) is 69.3 cm³/mol. The van der Waals surface area contributed by atoms with Gasteiger partial charge in [0.15, 0.2) is 0 Å². The molecule has 0 aliphatic carbocycles. The van der Waals surface area contributed by atoms with E-state index in [1.54, 1.807) is 0 Å². The van der Waals surface area contributed by atoms with Crippen molar-refractivity contribution in [2.24, 2.45) is 0 Å². The second-order valence-electron chi connectivity index (χ2n) is 5.12. The minimum atomic E-state index is 0.415. The van der Waals surface area contributed by atoms with E-state index in [1.807, 2.05) is 6.92 Å². The Morgan fingerprint density at radius 2 is 2.41 bits per heavy atom. The van der Waals surface area contributed by atoms with Crippen LogP contribution in [0, 0.1) is 6.92 Å². The topological polar surface area (TPSA) is 39.1 Å². The predicted octanol–water partition coefficient (Wildman–Crippen LogP) is 2.58. The summed E-state index contributed by atoms with van der Waals surface area (Å²) in [4.78, 5) is 4.51. The van der Waals surface area contributed by atoms with E-state index in [4.69, 9.17) is 4.74 Å². The van der Waals surface area contributed by atoms with Gasteiger partial charge in [0.05, 0.1) is 11.8 Å². The van der Waals surface area contributed by atoms with Crippen LogP contribution in [0.4, 0.5) is 5.95 Å². The molecule has 1 aromatic heterocycles. The maximum atomic E-state index is 5.65. The quantitative estimate of drug-likeness (QED) is 0.855. The molecule has 0 bridgehead atoms. The van der Waals surface area contributed by atoms with Crippen LogP contribution in [0.15, 0.2) is 6.20 Å². The van der Waals surface area contributed by atoms with Crippen molar-refractivity contribution in [2.75, 3.05) is 11.9 Å². The van der Waals surface area contributed by atoms with Gasteiger partial charge >= 0.3 is 0 Å². The molecule has 1 atom stereocenters. The maximum absolute atomic E-state index is 5.65. The standard InChI is InChI=1S/C13H23N3O/c1-10(2)14-13-15-11(3)9-16(13)7-6-12-5-4-8-17-12/h9-10,12H,4-8H2,1-3H3,(H,14,15). The molecule has 96 valence electrons. The van der Waals surface area contributed by atoms with Gasteiger partial charge in [0, 0.05) is 25.4 Å². The summed E-state index contributed by atoms with van der Waals surface area (Å²) < 4.78 is 7.85. The lowest BCUT2D eigenvalue weighted by atomic mass is 10.2. The fourth-order valence-electron chi connectivity index (χ4n) is 2.25. The molecule has 17 heavy (non-hydrogen) atoms. The average Bonchev–Trinajstić information content (AvgIpc) is 2.84. The van der Waals surface area contributed by atoms with Gasteiger partial charge in [-0.25, -0.2) is 4.98 Å². The number of rotatable bonds is 5. The van der Waals surface area contributed by atoms with Crippen molar-refractivity contribution in [3.05, 3.63) is 11.9 Å². The van der Waals surface area contributed by atoms with E-state index >= 15 is 0 Å². The summed E-state index contributed by atoms with van der Waals surface area (Å²) in [7, 11) is 0. The summed E-state index contributed by atoms with van der Waals surface area (Å²) in [5.74, 6) is 0.982. The highest BCUT2D eigenvalue weighted by Gasteiger charge is 2.16. The highest BCUT2D eigenvalue weighted by Crippen LogP contribution is 2.18. The Labute approximate surface area is 103 Å². The van der Waals surface area contributed by atoms with Crippen molar-refractivity contribution < 1.29 is 4.74 Å². The summed E-state index contributed by atoms with van der Waals surface area (Å²) in [5.41, 5.74) is 1.07. The van der Waals surface area contributed by atoms with E-state index in [0.717, 1.165) is 31.2 Å². The molecule has 0 radical (unpaired) electrons.